The maximum atomic E-state index is 10.5. The molecule has 1 aromatic carbocycles. The molecule has 0 aliphatic carbocycles. The highest BCUT2D eigenvalue weighted by molar-refractivity contribution is 6.33. The fourth-order valence-corrected chi connectivity index (χ4v) is 2.35. The van der Waals surface area contributed by atoms with Crippen molar-refractivity contribution in [3.05, 3.63) is 40.6 Å². The number of aryl methyl sites for hydroxylation is 1. The van der Waals surface area contributed by atoms with Gasteiger partial charge in [-0.15, -0.1) is 0 Å². The Labute approximate surface area is 130 Å². The van der Waals surface area contributed by atoms with Crippen molar-refractivity contribution in [2.24, 2.45) is 0 Å². The lowest BCUT2D eigenvalue weighted by molar-refractivity contribution is 0.162. The van der Waals surface area contributed by atoms with E-state index in [1.807, 2.05) is 18.2 Å². The van der Waals surface area contributed by atoms with Gasteiger partial charge in [-0.2, -0.15) is 0 Å². The molecule has 0 bridgehead atoms. The number of aliphatic hydroxyl groups is 1. The van der Waals surface area contributed by atoms with Gasteiger partial charge in [0.15, 0.2) is 0 Å². The molecule has 0 aliphatic heterocycles. The van der Waals surface area contributed by atoms with Crippen LogP contribution < -0.4 is 5.32 Å². The molecular weight excluding hydrogens is 288 g/mol. The zero-order chi connectivity index (χ0) is 15.6. The van der Waals surface area contributed by atoms with Gasteiger partial charge < -0.3 is 14.9 Å². The molecule has 4 nitrogen and oxygen atoms in total. The van der Waals surface area contributed by atoms with Crippen LogP contribution in [0.3, 0.4) is 0 Å². The van der Waals surface area contributed by atoms with E-state index in [2.05, 4.69) is 31.2 Å². The molecule has 1 atom stereocenters. The summed E-state index contributed by atoms with van der Waals surface area (Å²) in [5.41, 5.74) is 1.97. The van der Waals surface area contributed by atoms with Crippen molar-refractivity contribution in [3.63, 3.8) is 0 Å². The fourth-order valence-electron chi connectivity index (χ4n) is 2.12. The first-order valence-electron chi connectivity index (χ1n) is 6.94. The molecule has 0 saturated heterocycles. The summed E-state index contributed by atoms with van der Waals surface area (Å²) >= 11 is 6.22. The minimum atomic E-state index is -0.707. The summed E-state index contributed by atoms with van der Waals surface area (Å²) in [6, 6.07) is 7.41. The molecule has 0 saturated carbocycles. The number of hydrogen-bond acceptors (Lipinski definition) is 4. The van der Waals surface area contributed by atoms with Crippen molar-refractivity contribution in [2.75, 3.05) is 6.54 Å². The number of hydrogen-bond donors (Lipinski definition) is 2. The standard InChI is InChI=1S/C16H21ClN2O2/c1-10-14(13(20)9-18-16(2,3)4)15(19-21-10)11-7-5-6-8-12(11)17/h5-8,13,18,20H,9H2,1-4H3. The van der Waals surface area contributed by atoms with E-state index in [4.69, 9.17) is 16.1 Å². The van der Waals surface area contributed by atoms with Crippen molar-refractivity contribution in [1.29, 1.82) is 0 Å². The maximum Gasteiger partial charge on any atom is 0.140 e. The van der Waals surface area contributed by atoms with E-state index in [9.17, 15) is 5.11 Å². The van der Waals surface area contributed by atoms with Gasteiger partial charge in [-0.05, 0) is 33.8 Å². The van der Waals surface area contributed by atoms with Gasteiger partial charge in [0.2, 0.25) is 0 Å². The van der Waals surface area contributed by atoms with Gasteiger partial charge in [0.25, 0.3) is 0 Å². The highest BCUT2D eigenvalue weighted by Crippen LogP contribution is 2.34. The molecule has 0 radical (unpaired) electrons. The van der Waals surface area contributed by atoms with Crippen LogP contribution in [0.4, 0.5) is 0 Å². The summed E-state index contributed by atoms with van der Waals surface area (Å²) in [7, 11) is 0. The first-order valence-corrected chi connectivity index (χ1v) is 7.31. The second-order valence-electron chi connectivity index (χ2n) is 6.13. The van der Waals surface area contributed by atoms with Crippen molar-refractivity contribution in [1.82, 2.24) is 10.5 Å². The minimum Gasteiger partial charge on any atom is -0.387 e. The van der Waals surface area contributed by atoms with E-state index >= 15 is 0 Å². The van der Waals surface area contributed by atoms with Crippen molar-refractivity contribution < 1.29 is 9.63 Å². The highest BCUT2D eigenvalue weighted by atomic mass is 35.5. The Kier molecular flexibility index (Phi) is 4.71. The summed E-state index contributed by atoms with van der Waals surface area (Å²) < 4.78 is 5.26. The molecule has 2 rings (SSSR count). The van der Waals surface area contributed by atoms with Crippen LogP contribution in [-0.2, 0) is 0 Å². The Morgan fingerprint density at radius 2 is 2.00 bits per heavy atom. The SMILES string of the molecule is Cc1onc(-c2ccccc2Cl)c1C(O)CNC(C)(C)C. The molecule has 5 heteroatoms. The Morgan fingerprint density at radius 3 is 2.62 bits per heavy atom. The summed E-state index contributed by atoms with van der Waals surface area (Å²) in [5, 5.41) is 18.4. The number of aromatic nitrogens is 1. The first kappa shape index (κ1) is 16.0. The Bertz CT molecular complexity index is 617. The smallest absolute Gasteiger partial charge is 0.140 e. The molecule has 2 N–H and O–H groups in total. The molecule has 1 unspecified atom stereocenters. The Balaban J connectivity index is 2.33. The van der Waals surface area contributed by atoms with Gasteiger partial charge in [0, 0.05) is 17.6 Å². The summed E-state index contributed by atoms with van der Waals surface area (Å²) in [6.45, 7) is 8.37. The average Bonchev–Trinajstić information content (AvgIpc) is 2.77. The van der Waals surface area contributed by atoms with Crippen LogP contribution in [0.2, 0.25) is 5.02 Å². The number of aliphatic hydroxyl groups excluding tert-OH is 1. The third kappa shape index (κ3) is 3.84. The lowest BCUT2D eigenvalue weighted by Gasteiger charge is -2.23. The van der Waals surface area contributed by atoms with Crippen LogP contribution in [0.25, 0.3) is 11.3 Å². The summed E-state index contributed by atoms with van der Waals surface area (Å²) in [4.78, 5) is 0. The van der Waals surface area contributed by atoms with Gasteiger partial charge in [-0.1, -0.05) is 35.0 Å². The molecule has 1 heterocycles. The Hall–Kier alpha value is -1.36. The predicted octanol–water partition coefficient (Wildman–Crippen LogP) is 3.72. The van der Waals surface area contributed by atoms with Crippen molar-refractivity contribution >= 4 is 11.6 Å². The molecular formula is C16H21ClN2O2. The second kappa shape index (κ2) is 6.18. The molecule has 0 aliphatic rings. The van der Waals surface area contributed by atoms with Crippen LogP contribution in [0.15, 0.2) is 28.8 Å². The third-order valence-electron chi connectivity index (χ3n) is 3.20. The van der Waals surface area contributed by atoms with Crippen LogP contribution in [0.1, 0.15) is 38.2 Å². The zero-order valence-electron chi connectivity index (χ0n) is 12.8. The van der Waals surface area contributed by atoms with E-state index < -0.39 is 6.10 Å². The molecule has 0 spiro atoms. The number of rotatable bonds is 4. The third-order valence-corrected chi connectivity index (χ3v) is 3.53. The molecule has 0 amide bonds. The lowest BCUT2D eigenvalue weighted by atomic mass is 10.0. The lowest BCUT2D eigenvalue weighted by Crippen LogP contribution is -2.38. The van der Waals surface area contributed by atoms with E-state index in [1.165, 1.54) is 0 Å². The summed E-state index contributed by atoms with van der Waals surface area (Å²) in [5.74, 6) is 0.605. The van der Waals surface area contributed by atoms with Crippen LogP contribution in [0, 0.1) is 6.92 Å². The zero-order valence-corrected chi connectivity index (χ0v) is 13.5. The average molecular weight is 309 g/mol. The van der Waals surface area contributed by atoms with E-state index in [1.54, 1.807) is 13.0 Å². The van der Waals surface area contributed by atoms with Crippen LogP contribution in [0.5, 0.6) is 0 Å². The molecule has 114 valence electrons. The normalized spacial score (nSPS) is 13.4. The quantitative estimate of drug-likeness (QED) is 0.903. The molecule has 2 aromatic rings. The van der Waals surface area contributed by atoms with Gasteiger partial charge in [0.05, 0.1) is 16.7 Å². The van der Waals surface area contributed by atoms with E-state index in [-0.39, 0.29) is 5.54 Å². The first-order chi connectivity index (χ1) is 9.79. The fraction of sp³-hybridized carbons (Fsp3) is 0.438. The van der Waals surface area contributed by atoms with Gasteiger partial charge in [0.1, 0.15) is 11.5 Å². The van der Waals surface area contributed by atoms with E-state index in [0.29, 0.717) is 28.6 Å². The molecule has 0 fully saturated rings. The van der Waals surface area contributed by atoms with Crippen molar-refractivity contribution in [2.45, 2.75) is 39.3 Å². The van der Waals surface area contributed by atoms with Crippen LogP contribution >= 0.6 is 11.6 Å². The second-order valence-corrected chi connectivity index (χ2v) is 6.53. The molecule has 21 heavy (non-hydrogen) atoms. The number of β-amino-alcohol motifs (C(OH)–C–C–N with tert-alkyl or cyclic N) is 1. The summed E-state index contributed by atoms with van der Waals surface area (Å²) in [6.07, 6.45) is -0.707. The number of halogens is 1. The van der Waals surface area contributed by atoms with E-state index in [0.717, 1.165) is 5.56 Å². The topological polar surface area (TPSA) is 58.3 Å². The molecule has 1 aromatic heterocycles. The van der Waals surface area contributed by atoms with Crippen LogP contribution in [-0.4, -0.2) is 22.3 Å². The van der Waals surface area contributed by atoms with Gasteiger partial charge in [-0.3, -0.25) is 0 Å². The van der Waals surface area contributed by atoms with Gasteiger partial charge in [-0.25, -0.2) is 0 Å². The van der Waals surface area contributed by atoms with Crippen molar-refractivity contribution in [3.8, 4) is 11.3 Å². The number of nitrogens with zero attached hydrogens (tertiary/aromatic N) is 1. The minimum absolute atomic E-state index is 0.0728. The number of nitrogens with one attached hydrogen (secondary N) is 1. The Morgan fingerprint density at radius 1 is 1.33 bits per heavy atom. The monoisotopic (exact) mass is 308 g/mol. The number of benzene rings is 1. The largest absolute Gasteiger partial charge is 0.387 e. The van der Waals surface area contributed by atoms with Gasteiger partial charge >= 0.3 is 0 Å². The maximum absolute atomic E-state index is 10.5. The highest BCUT2D eigenvalue weighted by Gasteiger charge is 2.24. The predicted molar refractivity (Wildman–Crippen MR) is 84.4 cm³/mol.